The Morgan fingerprint density at radius 2 is 2.04 bits per heavy atom. The fraction of sp³-hybridized carbons (Fsp3) is 0.611. The number of amides is 1. The second-order valence-electron chi connectivity index (χ2n) is 6.99. The van der Waals surface area contributed by atoms with E-state index in [-0.39, 0.29) is 5.92 Å². The zero-order valence-electron chi connectivity index (χ0n) is 13.7. The number of pyridine rings is 1. The summed E-state index contributed by atoms with van der Waals surface area (Å²) < 4.78 is 1.86. The van der Waals surface area contributed by atoms with Gasteiger partial charge in [0.05, 0.1) is 5.69 Å². The van der Waals surface area contributed by atoms with Crippen molar-refractivity contribution in [1.29, 1.82) is 0 Å². The van der Waals surface area contributed by atoms with Crippen LogP contribution in [0, 0.1) is 5.92 Å². The summed E-state index contributed by atoms with van der Waals surface area (Å²) in [7, 11) is 1.95. The molecule has 0 aromatic carbocycles. The highest BCUT2D eigenvalue weighted by atomic mass is 16.2. The van der Waals surface area contributed by atoms with Crippen molar-refractivity contribution in [2.45, 2.75) is 44.4 Å². The number of hydrogen-bond donors (Lipinski definition) is 0. The lowest BCUT2D eigenvalue weighted by atomic mass is 9.92. The van der Waals surface area contributed by atoms with E-state index in [0.29, 0.717) is 11.8 Å². The molecule has 2 aromatic heterocycles. The van der Waals surface area contributed by atoms with Crippen LogP contribution in [0.15, 0.2) is 18.3 Å². The van der Waals surface area contributed by atoms with Gasteiger partial charge in [-0.05, 0) is 37.8 Å². The molecule has 1 amide bonds. The maximum absolute atomic E-state index is 12.7. The average Bonchev–Trinajstić information content (AvgIpc) is 3.23. The van der Waals surface area contributed by atoms with Crippen molar-refractivity contribution >= 4 is 16.9 Å². The Morgan fingerprint density at radius 1 is 1.22 bits per heavy atom. The molecule has 23 heavy (non-hydrogen) atoms. The third-order valence-corrected chi connectivity index (χ3v) is 5.45. The van der Waals surface area contributed by atoms with Gasteiger partial charge in [0.15, 0.2) is 5.65 Å². The van der Waals surface area contributed by atoms with E-state index >= 15 is 0 Å². The van der Waals surface area contributed by atoms with E-state index in [0.717, 1.165) is 55.5 Å². The van der Waals surface area contributed by atoms with Gasteiger partial charge in [-0.15, -0.1) is 0 Å². The highest BCUT2D eigenvalue weighted by Gasteiger charge is 2.32. The van der Waals surface area contributed by atoms with Gasteiger partial charge < -0.3 is 4.90 Å². The summed E-state index contributed by atoms with van der Waals surface area (Å²) in [5.41, 5.74) is 2.04. The molecule has 1 saturated carbocycles. The topological polar surface area (TPSA) is 51.0 Å². The molecule has 1 aliphatic heterocycles. The van der Waals surface area contributed by atoms with Crippen molar-refractivity contribution in [1.82, 2.24) is 19.7 Å². The van der Waals surface area contributed by atoms with Crippen LogP contribution in [0.3, 0.4) is 0 Å². The first-order chi connectivity index (χ1) is 11.2. The number of aryl methyl sites for hydroxylation is 1. The van der Waals surface area contributed by atoms with Gasteiger partial charge in [0.25, 0.3) is 0 Å². The first-order valence-corrected chi connectivity index (χ1v) is 8.80. The van der Waals surface area contributed by atoms with Crippen molar-refractivity contribution in [3.8, 4) is 0 Å². The van der Waals surface area contributed by atoms with Crippen molar-refractivity contribution in [3.63, 3.8) is 0 Å². The lowest BCUT2D eigenvalue weighted by Gasteiger charge is -2.33. The van der Waals surface area contributed by atoms with Gasteiger partial charge in [-0.1, -0.05) is 12.8 Å². The van der Waals surface area contributed by atoms with Crippen LogP contribution in [0.25, 0.3) is 11.0 Å². The number of carbonyl (C=O) groups is 1. The number of fused-ring (bicyclic) bond motifs is 1. The first-order valence-electron chi connectivity index (χ1n) is 8.80. The minimum Gasteiger partial charge on any atom is -0.342 e. The largest absolute Gasteiger partial charge is 0.342 e. The zero-order chi connectivity index (χ0) is 15.8. The van der Waals surface area contributed by atoms with Gasteiger partial charge >= 0.3 is 0 Å². The Kier molecular flexibility index (Phi) is 3.79. The summed E-state index contributed by atoms with van der Waals surface area (Å²) in [6, 6.07) is 4.07. The molecule has 2 aliphatic rings. The molecule has 2 aromatic rings. The number of likely N-dealkylation sites (tertiary alicyclic amines) is 1. The summed E-state index contributed by atoms with van der Waals surface area (Å²) in [6.07, 6.45) is 8.57. The van der Waals surface area contributed by atoms with Crippen LogP contribution in [-0.2, 0) is 11.8 Å². The average molecular weight is 312 g/mol. The fourth-order valence-electron chi connectivity index (χ4n) is 4.25. The fourth-order valence-corrected chi connectivity index (χ4v) is 4.25. The molecule has 0 bridgehead atoms. The Morgan fingerprint density at radius 3 is 2.87 bits per heavy atom. The monoisotopic (exact) mass is 312 g/mol. The summed E-state index contributed by atoms with van der Waals surface area (Å²) in [5.74, 6) is 0.989. The van der Waals surface area contributed by atoms with Crippen LogP contribution in [0.4, 0.5) is 0 Å². The predicted molar refractivity (Wildman–Crippen MR) is 89.0 cm³/mol. The number of carbonyl (C=O) groups excluding carboxylic acids is 1. The maximum Gasteiger partial charge on any atom is 0.225 e. The highest BCUT2D eigenvalue weighted by molar-refractivity contribution is 5.80. The molecule has 1 atom stereocenters. The van der Waals surface area contributed by atoms with Crippen molar-refractivity contribution in [2.24, 2.45) is 13.0 Å². The number of aromatic nitrogens is 3. The van der Waals surface area contributed by atoms with Gasteiger partial charge in [-0.25, -0.2) is 4.98 Å². The third-order valence-electron chi connectivity index (χ3n) is 5.45. The smallest absolute Gasteiger partial charge is 0.225 e. The summed E-state index contributed by atoms with van der Waals surface area (Å²) >= 11 is 0. The Balaban J connectivity index is 1.58. The van der Waals surface area contributed by atoms with E-state index in [1.54, 1.807) is 0 Å². The van der Waals surface area contributed by atoms with E-state index < -0.39 is 0 Å². The van der Waals surface area contributed by atoms with E-state index in [2.05, 4.69) is 16.0 Å². The standard InChI is InChI=1S/C18H24N4O/c1-21-17-15(9-4-10-19-17)16(20-21)14-8-5-11-22(12-14)18(23)13-6-2-3-7-13/h4,9-10,13-14H,2-3,5-8,11-12H2,1H3/t14-/m0/s1. The molecule has 0 N–H and O–H groups in total. The van der Waals surface area contributed by atoms with Gasteiger partial charge in [0.2, 0.25) is 5.91 Å². The molecule has 3 heterocycles. The SMILES string of the molecule is Cn1nc([C@H]2CCCN(C(=O)C3CCCC3)C2)c2cccnc21. The predicted octanol–water partition coefficient (Wildman–Crippen LogP) is 2.86. The molecule has 2 fully saturated rings. The van der Waals surface area contributed by atoms with Crippen LogP contribution in [-0.4, -0.2) is 38.7 Å². The molecule has 5 nitrogen and oxygen atoms in total. The lowest BCUT2D eigenvalue weighted by Crippen LogP contribution is -2.42. The van der Waals surface area contributed by atoms with Crippen LogP contribution >= 0.6 is 0 Å². The van der Waals surface area contributed by atoms with Crippen LogP contribution in [0.5, 0.6) is 0 Å². The van der Waals surface area contributed by atoms with Gasteiger partial charge in [0, 0.05) is 43.6 Å². The van der Waals surface area contributed by atoms with Gasteiger partial charge in [-0.2, -0.15) is 5.10 Å². The summed E-state index contributed by atoms with van der Waals surface area (Å²) in [4.78, 5) is 19.3. The molecule has 0 unspecified atom stereocenters. The van der Waals surface area contributed by atoms with Gasteiger partial charge in [0.1, 0.15) is 0 Å². The van der Waals surface area contributed by atoms with Crippen molar-refractivity contribution in [2.75, 3.05) is 13.1 Å². The molecule has 5 heteroatoms. The highest BCUT2D eigenvalue weighted by Crippen LogP contribution is 2.33. The second kappa shape index (κ2) is 5.95. The first kappa shape index (κ1) is 14.7. The zero-order valence-corrected chi connectivity index (χ0v) is 13.7. The van der Waals surface area contributed by atoms with E-state index in [4.69, 9.17) is 5.10 Å². The van der Waals surface area contributed by atoms with E-state index in [1.807, 2.05) is 24.0 Å². The van der Waals surface area contributed by atoms with Crippen LogP contribution in [0.2, 0.25) is 0 Å². The Labute approximate surface area is 136 Å². The number of nitrogens with zero attached hydrogens (tertiary/aromatic N) is 4. The quantitative estimate of drug-likeness (QED) is 0.857. The van der Waals surface area contributed by atoms with E-state index in [9.17, 15) is 4.79 Å². The third kappa shape index (κ3) is 2.62. The molecule has 1 aliphatic carbocycles. The summed E-state index contributed by atoms with van der Waals surface area (Å²) in [6.45, 7) is 1.73. The molecular weight excluding hydrogens is 288 g/mol. The Hall–Kier alpha value is -1.91. The molecule has 1 saturated heterocycles. The van der Waals surface area contributed by atoms with Crippen molar-refractivity contribution < 1.29 is 4.79 Å². The minimum absolute atomic E-state index is 0.274. The molecule has 0 spiro atoms. The molecule has 4 rings (SSSR count). The molecule has 122 valence electrons. The van der Waals surface area contributed by atoms with Crippen LogP contribution in [0.1, 0.15) is 50.1 Å². The molecule has 0 radical (unpaired) electrons. The van der Waals surface area contributed by atoms with E-state index in [1.165, 1.54) is 12.8 Å². The second-order valence-corrected chi connectivity index (χ2v) is 6.99. The summed E-state index contributed by atoms with van der Waals surface area (Å²) in [5, 5.41) is 5.86. The Bertz CT molecular complexity index is 717. The maximum atomic E-state index is 12.7. The van der Waals surface area contributed by atoms with Crippen molar-refractivity contribution in [3.05, 3.63) is 24.0 Å². The number of hydrogen-bond acceptors (Lipinski definition) is 3. The normalized spacial score (nSPS) is 22.8. The van der Waals surface area contributed by atoms with Crippen LogP contribution < -0.4 is 0 Å². The number of piperidine rings is 1. The minimum atomic E-state index is 0.274. The number of rotatable bonds is 2. The van der Waals surface area contributed by atoms with Gasteiger partial charge in [-0.3, -0.25) is 9.48 Å². The lowest BCUT2D eigenvalue weighted by molar-refractivity contribution is -0.136. The molecular formula is C18H24N4O.